The molecule has 1 aromatic carbocycles. The van der Waals surface area contributed by atoms with Gasteiger partial charge in [-0.05, 0) is 18.4 Å². The fraction of sp³-hybridized carbons (Fsp3) is 0.400. The number of hydrogen-bond donors (Lipinski definition) is 1. The third-order valence-electron chi connectivity index (χ3n) is 1.47. The molecule has 76 valence electrons. The van der Waals surface area contributed by atoms with E-state index in [0.29, 0.717) is 7.18 Å². The molecule has 3 heteroatoms. The summed E-state index contributed by atoms with van der Waals surface area (Å²) in [6.45, 7) is 0.287. The Balaban J connectivity index is 0. The molecule has 0 aliphatic rings. The minimum atomic E-state index is 0. The van der Waals surface area contributed by atoms with Gasteiger partial charge in [-0.3, -0.25) is 4.39 Å². The van der Waals surface area contributed by atoms with Crippen LogP contribution >= 0.6 is 17.0 Å². The van der Waals surface area contributed by atoms with Crippen molar-refractivity contribution in [2.75, 3.05) is 13.8 Å². The Labute approximate surface area is 89.4 Å². The van der Waals surface area contributed by atoms with E-state index in [4.69, 9.17) is 5.11 Å². The summed E-state index contributed by atoms with van der Waals surface area (Å²) in [6, 6.07) is 10.2. The number of hydrogen-bond acceptors (Lipinski definition) is 1. The van der Waals surface area contributed by atoms with Crippen LogP contribution in [0.4, 0.5) is 4.39 Å². The van der Waals surface area contributed by atoms with Gasteiger partial charge in [0.25, 0.3) is 0 Å². The molecule has 0 bridgehead atoms. The van der Waals surface area contributed by atoms with Crippen molar-refractivity contribution >= 4 is 17.0 Å². The van der Waals surface area contributed by atoms with Gasteiger partial charge in [0, 0.05) is 6.61 Å². The van der Waals surface area contributed by atoms with Gasteiger partial charge in [0.15, 0.2) is 0 Å². The Hall–Kier alpha value is -0.410. The first-order valence-electron chi connectivity index (χ1n) is 3.96. The summed E-state index contributed by atoms with van der Waals surface area (Å²) in [7, 11) is 0.500. The maximum Gasteiger partial charge on any atom is 0.0785 e. The van der Waals surface area contributed by atoms with E-state index in [1.165, 1.54) is 5.56 Å². The zero-order valence-electron chi connectivity index (χ0n) is 7.74. The molecule has 0 aliphatic heterocycles. The molecule has 0 spiro atoms. The van der Waals surface area contributed by atoms with Crippen LogP contribution in [0.25, 0.3) is 0 Å². The molecule has 13 heavy (non-hydrogen) atoms. The summed E-state index contributed by atoms with van der Waals surface area (Å²) >= 11 is 0. The molecule has 1 N–H and O–H groups in total. The summed E-state index contributed by atoms with van der Waals surface area (Å²) in [4.78, 5) is 0. The van der Waals surface area contributed by atoms with Crippen molar-refractivity contribution in [1.82, 2.24) is 0 Å². The lowest BCUT2D eigenvalue weighted by Gasteiger charge is -1.96. The van der Waals surface area contributed by atoms with Crippen molar-refractivity contribution in [3.05, 3.63) is 35.9 Å². The third kappa shape index (κ3) is 7.94. The fourth-order valence-electron chi connectivity index (χ4n) is 0.928. The highest BCUT2D eigenvalue weighted by Crippen LogP contribution is 2.00. The Morgan fingerprint density at radius 1 is 1.15 bits per heavy atom. The van der Waals surface area contributed by atoms with Gasteiger partial charge in [-0.15, -0.1) is 17.0 Å². The quantitative estimate of drug-likeness (QED) is 0.875. The summed E-state index contributed by atoms with van der Waals surface area (Å²) in [6.07, 6.45) is 1.85. The van der Waals surface area contributed by atoms with Crippen molar-refractivity contribution in [2.45, 2.75) is 12.8 Å². The van der Waals surface area contributed by atoms with Gasteiger partial charge >= 0.3 is 0 Å². The smallest absolute Gasteiger partial charge is 0.0785 e. The summed E-state index contributed by atoms with van der Waals surface area (Å²) in [5.74, 6) is 0. The second-order valence-electron chi connectivity index (χ2n) is 2.31. The van der Waals surface area contributed by atoms with Gasteiger partial charge in [-0.25, -0.2) is 0 Å². The SMILES string of the molecule is Br.CF.OCCCc1ccccc1. The van der Waals surface area contributed by atoms with Crippen LogP contribution in [0.2, 0.25) is 0 Å². The van der Waals surface area contributed by atoms with E-state index < -0.39 is 0 Å². The molecule has 1 nitrogen and oxygen atoms in total. The number of halogens is 2. The molecule has 0 aliphatic carbocycles. The molecule has 0 fully saturated rings. The van der Waals surface area contributed by atoms with E-state index >= 15 is 0 Å². The predicted molar refractivity (Wildman–Crippen MR) is 59.2 cm³/mol. The van der Waals surface area contributed by atoms with Gasteiger partial charge in [0.2, 0.25) is 0 Å². The summed E-state index contributed by atoms with van der Waals surface area (Å²) < 4.78 is 9.50. The standard InChI is InChI=1S/C9H12O.CH3F.BrH/c10-8-4-7-9-5-2-1-3-6-9;1-2;/h1-3,5-6,10H,4,7-8H2;1H3;1H. The fourth-order valence-corrected chi connectivity index (χ4v) is 0.928. The van der Waals surface area contributed by atoms with Crippen LogP contribution in [0.15, 0.2) is 30.3 Å². The predicted octanol–water partition coefficient (Wildman–Crippen LogP) is 2.78. The van der Waals surface area contributed by atoms with Crippen molar-refractivity contribution in [3.8, 4) is 0 Å². The average Bonchev–Trinajstić information content (AvgIpc) is 2.19. The highest BCUT2D eigenvalue weighted by molar-refractivity contribution is 8.93. The number of aryl methyl sites for hydroxylation is 1. The molecule has 0 radical (unpaired) electrons. The second-order valence-corrected chi connectivity index (χ2v) is 2.31. The van der Waals surface area contributed by atoms with E-state index in [0.717, 1.165) is 12.8 Å². The van der Waals surface area contributed by atoms with Crippen LogP contribution in [-0.4, -0.2) is 18.9 Å². The van der Waals surface area contributed by atoms with Crippen LogP contribution in [0.3, 0.4) is 0 Å². The Morgan fingerprint density at radius 3 is 2.15 bits per heavy atom. The lowest BCUT2D eigenvalue weighted by atomic mass is 10.1. The maximum absolute atomic E-state index is 9.50. The molecule has 1 rings (SSSR count). The minimum absolute atomic E-state index is 0. The highest BCUT2D eigenvalue weighted by Gasteiger charge is 1.87. The van der Waals surface area contributed by atoms with E-state index in [-0.39, 0.29) is 23.6 Å². The summed E-state index contributed by atoms with van der Waals surface area (Å²) in [5, 5.41) is 8.53. The average molecular weight is 251 g/mol. The van der Waals surface area contributed by atoms with Crippen LogP contribution in [-0.2, 0) is 6.42 Å². The number of aliphatic hydroxyl groups excluding tert-OH is 1. The normalized spacial score (nSPS) is 7.92. The van der Waals surface area contributed by atoms with E-state index in [1.807, 2.05) is 18.2 Å². The zero-order chi connectivity index (χ0) is 9.23. The van der Waals surface area contributed by atoms with Crippen LogP contribution < -0.4 is 0 Å². The molecule has 0 saturated carbocycles. The molecule has 0 unspecified atom stereocenters. The third-order valence-corrected chi connectivity index (χ3v) is 1.47. The van der Waals surface area contributed by atoms with Crippen molar-refractivity contribution in [1.29, 1.82) is 0 Å². The zero-order valence-corrected chi connectivity index (χ0v) is 9.45. The first kappa shape index (κ1) is 15.1. The van der Waals surface area contributed by atoms with Crippen molar-refractivity contribution < 1.29 is 9.50 Å². The van der Waals surface area contributed by atoms with E-state index in [2.05, 4.69) is 12.1 Å². The lowest BCUT2D eigenvalue weighted by molar-refractivity contribution is 0.288. The summed E-state index contributed by atoms with van der Waals surface area (Å²) in [5.41, 5.74) is 1.30. The van der Waals surface area contributed by atoms with Crippen LogP contribution in [0.1, 0.15) is 12.0 Å². The molecular formula is C10H16BrFO. The lowest BCUT2D eigenvalue weighted by Crippen LogP contribution is -1.87. The van der Waals surface area contributed by atoms with E-state index in [9.17, 15) is 4.39 Å². The van der Waals surface area contributed by atoms with Crippen molar-refractivity contribution in [2.24, 2.45) is 0 Å². The van der Waals surface area contributed by atoms with Gasteiger partial charge in [-0.1, -0.05) is 30.3 Å². The van der Waals surface area contributed by atoms with E-state index in [1.54, 1.807) is 0 Å². The first-order valence-corrected chi connectivity index (χ1v) is 3.96. The number of aliphatic hydroxyl groups is 1. The topological polar surface area (TPSA) is 20.2 Å². The monoisotopic (exact) mass is 250 g/mol. The number of benzene rings is 1. The number of rotatable bonds is 3. The molecule has 1 aromatic rings. The first-order chi connectivity index (χ1) is 5.93. The van der Waals surface area contributed by atoms with Crippen molar-refractivity contribution in [3.63, 3.8) is 0 Å². The molecule has 0 atom stereocenters. The molecular weight excluding hydrogens is 235 g/mol. The van der Waals surface area contributed by atoms with Gasteiger partial charge in [-0.2, -0.15) is 0 Å². The van der Waals surface area contributed by atoms with Crippen LogP contribution in [0.5, 0.6) is 0 Å². The van der Waals surface area contributed by atoms with Gasteiger partial charge < -0.3 is 5.11 Å². The largest absolute Gasteiger partial charge is 0.396 e. The van der Waals surface area contributed by atoms with Gasteiger partial charge in [0.1, 0.15) is 0 Å². The molecule has 0 amide bonds. The molecule has 0 heterocycles. The highest BCUT2D eigenvalue weighted by atomic mass is 79.9. The number of alkyl halides is 1. The minimum Gasteiger partial charge on any atom is -0.396 e. The molecule has 0 aromatic heterocycles. The molecule has 0 saturated heterocycles. The Kier molecular flexibility index (Phi) is 13.4. The maximum atomic E-state index is 9.50. The van der Waals surface area contributed by atoms with Gasteiger partial charge in [0.05, 0.1) is 7.18 Å². The Morgan fingerprint density at radius 2 is 1.69 bits per heavy atom. The second kappa shape index (κ2) is 11.6. The van der Waals surface area contributed by atoms with Crippen LogP contribution in [0, 0.1) is 0 Å². The Bertz CT molecular complexity index is 180.